The molecule has 0 spiro atoms. The Morgan fingerprint density at radius 3 is 1.94 bits per heavy atom. The van der Waals surface area contributed by atoms with Crippen LogP contribution in [0.4, 0.5) is 0 Å². The predicted octanol–water partition coefficient (Wildman–Crippen LogP) is -0.897. The molecule has 0 aliphatic carbocycles. The second kappa shape index (κ2) is 8.78. The molecule has 0 aromatic rings. The van der Waals surface area contributed by atoms with Crippen LogP contribution in [0.15, 0.2) is 24.8 Å². The number of carboxylic acid groups (broad SMARTS) is 1. The third-order valence-electron chi connectivity index (χ3n) is 1.42. The fourth-order valence-electron chi connectivity index (χ4n) is 0.527. The number of ketones is 1. The molecular weight excluding hydrogens is 216 g/mol. The first kappa shape index (κ1) is 16.9. The van der Waals surface area contributed by atoms with Crippen molar-refractivity contribution in [2.45, 2.75) is 19.1 Å². The lowest BCUT2D eigenvalue weighted by atomic mass is 10.1. The second-order valence-electron chi connectivity index (χ2n) is 2.88. The molecule has 2 unspecified atom stereocenters. The molecule has 4 N–H and O–H groups in total. The van der Waals surface area contributed by atoms with Crippen molar-refractivity contribution in [3.05, 3.63) is 24.8 Å². The molecule has 0 fully saturated rings. The van der Waals surface area contributed by atoms with Crippen molar-refractivity contribution in [2.24, 2.45) is 0 Å². The summed E-state index contributed by atoms with van der Waals surface area (Å²) in [5.41, 5.74) is 0.157. The maximum Gasteiger partial charge on any atom is 0.327 e. The van der Waals surface area contributed by atoms with Gasteiger partial charge in [-0.25, -0.2) is 4.79 Å². The van der Waals surface area contributed by atoms with Gasteiger partial charge in [0.25, 0.3) is 0 Å². The zero-order valence-electron chi connectivity index (χ0n) is 8.96. The molecule has 16 heavy (non-hydrogen) atoms. The molecule has 0 aliphatic heterocycles. The van der Waals surface area contributed by atoms with Crippen LogP contribution >= 0.6 is 0 Å². The van der Waals surface area contributed by atoms with Gasteiger partial charge in [0.05, 0.1) is 6.61 Å². The maximum atomic E-state index is 10.8. The molecule has 6 heteroatoms. The molecule has 0 radical (unpaired) electrons. The third-order valence-corrected chi connectivity index (χ3v) is 1.42. The van der Waals surface area contributed by atoms with E-state index in [2.05, 4.69) is 13.2 Å². The molecule has 0 rings (SSSR count). The van der Waals surface area contributed by atoms with E-state index in [1.807, 2.05) is 0 Å². The summed E-state index contributed by atoms with van der Waals surface area (Å²) in [7, 11) is 0. The number of hydrogen-bond donors (Lipinski definition) is 4. The zero-order chi connectivity index (χ0) is 13.3. The van der Waals surface area contributed by atoms with E-state index in [9.17, 15) is 9.59 Å². The van der Waals surface area contributed by atoms with Crippen molar-refractivity contribution in [3.63, 3.8) is 0 Å². The number of aliphatic carboxylic acids is 1. The molecule has 0 saturated heterocycles. The maximum absolute atomic E-state index is 10.8. The van der Waals surface area contributed by atoms with Gasteiger partial charge in [0.2, 0.25) is 0 Å². The molecule has 92 valence electrons. The number of rotatable bonds is 5. The summed E-state index contributed by atoms with van der Waals surface area (Å²) in [5.74, 6) is -1.63. The minimum atomic E-state index is -1.56. The van der Waals surface area contributed by atoms with E-state index in [0.717, 1.165) is 6.08 Å². The lowest BCUT2D eigenvalue weighted by Crippen LogP contribution is -2.36. The first-order valence-corrected chi connectivity index (χ1v) is 4.30. The van der Waals surface area contributed by atoms with Crippen LogP contribution in [-0.2, 0) is 9.59 Å². The molecule has 6 nitrogen and oxygen atoms in total. The van der Waals surface area contributed by atoms with Crippen LogP contribution in [-0.4, -0.2) is 51.0 Å². The molecule has 0 amide bonds. The summed E-state index contributed by atoms with van der Waals surface area (Å²) >= 11 is 0. The number of carbonyl (C=O) groups is 2. The van der Waals surface area contributed by atoms with Crippen molar-refractivity contribution < 1.29 is 30.0 Å². The fourth-order valence-corrected chi connectivity index (χ4v) is 0.527. The van der Waals surface area contributed by atoms with E-state index in [1.54, 1.807) is 0 Å². The van der Waals surface area contributed by atoms with Gasteiger partial charge in [-0.3, -0.25) is 4.79 Å². The Hall–Kier alpha value is -1.50. The molecule has 2 atom stereocenters. The van der Waals surface area contributed by atoms with Crippen molar-refractivity contribution >= 4 is 11.8 Å². The largest absolute Gasteiger partial charge is 0.478 e. The van der Waals surface area contributed by atoms with Crippen LogP contribution < -0.4 is 0 Å². The van der Waals surface area contributed by atoms with Crippen LogP contribution in [0.25, 0.3) is 0 Å². The van der Waals surface area contributed by atoms with Gasteiger partial charge in [-0.15, -0.1) is 0 Å². The van der Waals surface area contributed by atoms with Crippen LogP contribution in [0, 0.1) is 0 Å². The Bertz CT molecular complexity index is 270. The van der Waals surface area contributed by atoms with E-state index < -0.39 is 30.6 Å². The van der Waals surface area contributed by atoms with Crippen LogP contribution in [0.1, 0.15) is 6.92 Å². The SMILES string of the molecule is C=C(C)C(=O)C(O)C(O)CO.C=CC(=O)O. The highest BCUT2D eigenvalue weighted by Gasteiger charge is 2.23. The standard InChI is InChI=1S/C7H12O4.C3H4O2/c1-4(2)6(10)7(11)5(9)3-8;1-2-3(4)5/h5,7-9,11H,1,3H2,2H3;2H,1H2,(H,4,5). The van der Waals surface area contributed by atoms with Gasteiger partial charge in [0.1, 0.15) is 12.2 Å². The van der Waals surface area contributed by atoms with Crippen molar-refractivity contribution in [3.8, 4) is 0 Å². The molecule has 0 aliphatic rings. The summed E-state index contributed by atoms with van der Waals surface area (Å²) in [5, 5.41) is 33.7. The lowest BCUT2D eigenvalue weighted by molar-refractivity contribution is -0.131. The monoisotopic (exact) mass is 232 g/mol. The van der Waals surface area contributed by atoms with Gasteiger partial charge in [0.15, 0.2) is 5.78 Å². The minimum Gasteiger partial charge on any atom is -0.478 e. The topological polar surface area (TPSA) is 115 Å². The fraction of sp³-hybridized carbons (Fsp3) is 0.400. The van der Waals surface area contributed by atoms with Gasteiger partial charge in [-0.05, 0) is 12.5 Å². The summed E-state index contributed by atoms with van der Waals surface area (Å²) in [6, 6.07) is 0. The summed E-state index contributed by atoms with van der Waals surface area (Å²) < 4.78 is 0. The van der Waals surface area contributed by atoms with Gasteiger partial charge >= 0.3 is 5.97 Å². The molecule has 0 saturated carbocycles. The van der Waals surface area contributed by atoms with Gasteiger partial charge in [-0.1, -0.05) is 13.2 Å². The highest BCUT2D eigenvalue weighted by Crippen LogP contribution is 2.00. The Balaban J connectivity index is 0. The van der Waals surface area contributed by atoms with E-state index in [0.29, 0.717) is 0 Å². The number of aliphatic hydroxyl groups is 3. The number of Topliss-reactive ketones (excluding diaryl/α,β-unsaturated/α-hetero) is 1. The molecule has 0 heterocycles. The van der Waals surface area contributed by atoms with E-state index >= 15 is 0 Å². The number of hydrogen-bond acceptors (Lipinski definition) is 5. The van der Waals surface area contributed by atoms with Crippen LogP contribution in [0.5, 0.6) is 0 Å². The smallest absolute Gasteiger partial charge is 0.327 e. The quantitative estimate of drug-likeness (QED) is 0.457. The van der Waals surface area contributed by atoms with E-state index in [-0.39, 0.29) is 5.57 Å². The first-order valence-electron chi connectivity index (χ1n) is 4.30. The average Bonchev–Trinajstić information content (AvgIpc) is 2.26. The molecule has 0 aromatic heterocycles. The predicted molar refractivity (Wildman–Crippen MR) is 56.8 cm³/mol. The lowest BCUT2D eigenvalue weighted by Gasteiger charge is -2.13. The van der Waals surface area contributed by atoms with Gasteiger partial charge in [-0.2, -0.15) is 0 Å². The number of aliphatic hydroxyl groups excluding tert-OH is 3. The molecule has 0 bridgehead atoms. The minimum absolute atomic E-state index is 0.157. The normalized spacial score (nSPS) is 12.8. The molecule has 0 aromatic carbocycles. The highest BCUT2D eigenvalue weighted by molar-refractivity contribution is 5.97. The summed E-state index contributed by atoms with van der Waals surface area (Å²) in [6.07, 6.45) is -2.14. The Morgan fingerprint density at radius 1 is 1.38 bits per heavy atom. The van der Waals surface area contributed by atoms with Crippen molar-refractivity contribution in [2.75, 3.05) is 6.61 Å². The summed E-state index contributed by atoms with van der Waals surface area (Å²) in [4.78, 5) is 20.1. The van der Waals surface area contributed by atoms with Crippen LogP contribution in [0.3, 0.4) is 0 Å². The Morgan fingerprint density at radius 2 is 1.75 bits per heavy atom. The Kier molecular flexibility index (Phi) is 9.28. The van der Waals surface area contributed by atoms with Crippen molar-refractivity contribution in [1.29, 1.82) is 0 Å². The van der Waals surface area contributed by atoms with E-state index in [4.69, 9.17) is 20.4 Å². The van der Waals surface area contributed by atoms with E-state index in [1.165, 1.54) is 6.92 Å². The molecular formula is C10H16O6. The first-order chi connectivity index (χ1) is 7.27. The number of carboxylic acids is 1. The second-order valence-corrected chi connectivity index (χ2v) is 2.88. The highest BCUT2D eigenvalue weighted by atomic mass is 16.4. The number of carbonyl (C=O) groups excluding carboxylic acids is 1. The third kappa shape index (κ3) is 7.86. The van der Waals surface area contributed by atoms with Crippen molar-refractivity contribution in [1.82, 2.24) is 0 Å². The zero-order valence-corrected chi connectivity index (χ0v) is 8.96. The summed E-state index contributed by atoms with van der Waals surface area (Å²) in [6.45, 7) is 7.04. The van der Waals surface area contributed by atoms with Gasteiger partial charge < -0.3 is 20.4 Å². The average molecular weight is 232 g/mol. The van der Waals surface area contributed by atoms with Gasteiger partial charge in [0, 0.05) is 6.08 Å². The van der Waals surface area contributed by atoms with Crippen LogP contribution in [0.2, 0.25) is 0 Å². The Labute approximate surface area is 93.2 Å².